The van der Waals surface area contributed by atoms with Gasteiger partial charge in [0.2, 0.25) is 0 Å². The van der Waals surface area contributed by atoms with E-state index in [0.717, 1.165) is 11.4 Å². The van der Waals surface area contributed by atoms with E-state index in [-0.39, 0.29) is 0 Å². The topological polar surface area (TPSA) is 9.86 Å². The van der Waals surface area contributed by atoms with Crippen LogP contribution in [0.3, 0.4) is 0 Å². The summed E-state index contributed by atoms with van der Waals surface area (Å²) in [6.45, 7) is 0. The minimum Gasteiger partial charge on any atom is -0.309 e. The Morgan fingerprint density at radius 1 is 0.131 bits per heavy atom. The van der Waals surface area contributed by atoms with Crippen molar-refractivity contribution < 1.29 is 0 Å². The van der Waals surface area contributed by atoms with Gasteiger partial charge in [-0.05, 0) is 245 Å². The summed E-state index contributed by atoms with van der Waals surface area (Å²) in [5.74, 6) is 0. The molecule has 0 saturated carbocycles. The van der Waals surface area contributed by atoms with Crippen molar-refractivity contribution in [2.24, 2.45) is 0 Å². The molecule has 2 heteroatoms. The molecule has 0 aliphatic rings. The molecule has 0 fully saturated rings. The summed E-state index contributed by atoms with van der Waals surface area (Å²) in [5.41, 5.74) is 26.9. The van der Waals surface area contributed by atoms with Crippen molar-refractivity contribution in [3.63, 3.8) is 0 Å². The van der Waals surface area contributed by atoms with Gasteiger partial charge in [-0.25, -0.2) is 0 Å². The molecule has 0 aliphatic heterocycles. The third-order valence-electron chi connectivity index (χ3n) is 27.2. The SMILES string of the molecule is C(=C\c1ccc(-c2c3ccccc3c(-c3ccc(-n4c5ccccc5c5ccccc54)cc3)c3ccccc23)c2ccccc12)/c1ccc(-c2cccc3ccccc23)c2ccccc12.C(=C\c1ccc(-c2c3ccccc3c(-c3ccc4c5ccccc5n(-c5ccccc5)c4c3)c3ccccc23)c2ccccc12)/c1ccc(-c2cccc3ccccc23)c2ccccc12. The summed E-state index contributed by atoms with van der Waals surface area (Å²) < 4.78 is 4.81. The van der Waals surface area contributed by atoms with Crippen LogP contribution < -0.4 is 0 Å². The monoisotopic (exact) mass is 1650 g/mol. The zero-order chi connectivity index (χ0) is 85.7. The highest BCUT2D eigenvalue weighted by atomic mass is 15.0. The van der Waals surface area contributed by atoms with E-state index in [4.69, 9.17) is 0 Å². The molecule has 0 radical (unpaired) electrons. The molecule has 0 bridgehead atoms. The van der Waals surface area contributed by atoms with Gasteiger partial charge in [-0.2, -0.15) is 0 Å². The largest absolute Gasteiger partial charge is 0.309 e. The molecule has 604 valence electrons. The normalized spacial score (nSPS) is 11.9. The lowest BCUT2D eigenvalue weighted by Gasteiger charge is -2.19. The van der Waals surface area contributed by atoms with Crippen molar-refractivity contribution in [3.05, 3.63) is 495 Å². The van der Waals surface area contributed by atoms with Crippen LogP contribution in [0.15, 0.2) is 473 Å². The summed E-state index contributed by atoms with van der Waals surface area (Å²) in [7, 11) is 0. The summed E-state index contributed by atoms with van der Waals surface area (Å²) in [6.07, 6.45) is 9.19. The van der Waals surface area contributed by atoms with Crippen LogP contribution in [-0.2, 0) is 0 Å². The van der Waals surface area contributed by atoms with Crippen LogP contribution in [0, 0.1) is 0 Å². The molecule has 2 heterocycles. The van der Waals surface area contributed by atoms with Crippen LogP contribution in [0.25, 0.3) is 254 Å². The Morgan fingerprint density at radius 2 is 0.377 bits per heavy atom. The first-order valence-corrected chi connectivity index (χ1v) is 45.0. The maximum atomic E-state index is 2.42. The van der Waals surface area contributed by atoms with Gasteiger partial charge in [0.25, 0.3) is 0 Å². The fraction of sp³-hybridized carbons (Fsp3) is 0. The van der Waals surface area contributed by atoms with Gasteiger partial charge in [0.1, 0.15) is 0 Å². The van der Waals surface area contributed by atoms with Crippen molar-refractivity contribution in [2.45, 2.75) is 0 Å². The number of rotatable bonds is 12. The van der Waals surface area contributed by atoms with Crippen molar-refractivity contribution in [1.82, 2.24) is 9.13 Å². The van der Waals surface area contributed by atoms with Crippen LogP contribution in [0.1, 0.15) is 22.3 Å². The second kappa shape index (κ2) is 31.6. The number of nitrogens with zero attached hydrogens (tertiary/aromatic N) is 2. The molecule has 0 atom stereocenters. The first kappa shape index (κ1) is 75.5. The van der Waals surface area contributed by atoms with Crippen molar-refractivity contribution in [1.29, 1.82) is 0 Å². The van der Waals surface area contributed by atoms with E-state index in [1.165, 1.54) is 240 Å². The van der Waals surface area contributed by atoms with Crippen molar-refractivity contribution >= 4 is 176 Å². The molecule has 0 aliphatic carbocycles. The average molecular weight is 1650 g/mol. The van der Waals surface area contributed by atoms with Gasteiger partial charge < -0.3 is 9.13 Å². The van der Waals surface area contributed by atoms with Gasteiger partial charge in [-0.3, -0.25) is 0 Å². The highest BCUT2D eigenvalue weighted by Crippen LogP contribution is 2.51. The number of aromatic nitrogens is 2. The summed E-state index contributed by atoms with van der Waals surface area (Å²) in [6, 6.07) is 174. The third-order valence-corrected chi connectivity index (χ3v) is 27.2. The number of hydrogen-bond acceptors (Lipinski definition) is 0. The van der Waals surface area contributed by atoms with Crippen LogP contribution in [0.4, 0.5) is 0 Å². The van der Waals surface area contributed by atoms with Gasteiger partial charge in [-0.15, -0.1) is 0 Å². The van der Waals surface area contributed by atoms with Crippen LogP contribution in [-0.4, -0.2) is 9.13 Å². The highest BCUT2D eigenvalue weighted by molar-refractivity contribution is 6.27. The molecule has 130 heavy (non-hydrogen) atoms. The Hall–Kier alpha value is -17.0. The Kier molecular flexibility index (Phi) is 18.3. The fourth-order valence-corrected chi connectivity index (χ4v) is 21.5. The molecule has 0 saturated heterocycles. The van der Waals surface area contributed by atoms with E-state index >= 15 is 0 Å². The zero-order valence-corrected chi connectivity index (χ0v) is 71.2. The molecule has 26 aromatic rings. The molecule has 2 nitrogen and oxygen atoms in total. The number of fused-ring (bicyclic) bond motifs is 16. The second-order valence-electron chi connectivity index (χ2n) is 34.2. The quantitative estimate of drug-likeness (QED) is 0.0852. The Balaban J connectivity index is 0.000000140. The van der Waals surface area contributed by atoms with Crippen LogP contribution >= 0.6 is 0 Å². The summed E-state index contributed by atoms with van der Waals surface area (Å²) in [5, 5.41) is 30.0. The van der Waals surface area contributed by atoms with Gasteiger partial charge in [0.15, 0.2) is 0 Å². The van der Waals surface area contributed by atoms with Crippen LogP contribution in [0.5, 0.6) is 0 Å². The predicted molar refractivity (Wildman–Crippen MR) is 560 cm³/mol. The zero-order valence-electron chi connectivity index (χ0n) is 71.2. The maximum Gasteiger partial charge on any atom is 0.0547 e. The first-order valence-electron chi connectivity index (χ1n) is 45.0. The average Bonchev–Trinajstić information content (AvgIpc) is 1.30. The Bertz CT molecular complexity index is 8990. The van der Waals surface area contributed by atoms with Gasteiger partial charge in [0.05, 0.1) is 22.1 Å². The molecule has 2 aromatic heterocycles. The standard InChI is InChI=1S/2C64H41N/c1-2-18-47-42(16-1)17-15-29-51(47)53-40-36-43(48-19-3-5-21-50(48)53)32-33-44-37-41-60(52-22-6-4-20-49(44)52)64-58-27-9-7-25-56(58)63(57-26-8-10-28-59(57)64)45-34-38-46(39-35-45)65-61-30-13-11-23-54(61)55-24-12-14-31-62(55)65;1-2-19-46(20-3-1)65-61-32-15-14-26-54(61)55-39-37-45(41-62(55)65)63-56-27-10-12-29-58(56)64(59-30-13-11-28-57(59)63)60-40-36-44(49-23-7-9-25-52(49)60)34-33-43-35-38-53(50-24-8-6-22-48(43)50)51-31-16-18-42-17-4-5-21-47(42)51/h2*1-41H/b33-32+;34-33+. The minimum atomic E-state index is 1.16. The van der Waals surface area contributed by atoms with E-state index in [2.05, 4.69) is 507 Å². The highest BCUT2D eigenvalue weighted by Gasteiger charge is 2.25. The number of para-hydroxylation sites is 4. The fourth-order valence-electron chi connectivity index (χ4n) is 21.5. The lowest BCUT2D eigenvalue weighted by atomic mass is 9.84. The smallest absolute Gasteiger partial charge is 0.0547 e. The van der Waals surface area contributed by atoms with E-state index < -0.39 is 0 Å². The van der Waals surface area contributed by atoms with E-state index in [0.29, 0.717) is 0 Å². The predicted octanol–water partition coefficient (Wildman–Crippen LogP) is 35.4. The van der Waals surface area contributed by atoms with E-state index in [9.17, 15) is 0 Å². The van der Waals surface area contributed by atoms with E-state index in [1.807, 2.05) is 0 Å². The summed E-state index contributed by atoms with van der Waals surface area (Å²) in [4.78, 5) is 0. The maximum absolute atomic E-state index is 2.42. The van der Waals surface area contributed by atoms with Crippen LogP contribution in [0.2, 0.25) is 0 Å². The Labute approximate surface area is 753 Å². The molecular formula is C128H82N2. The number of hydrogen-bond donors (Lipinski definition) is 0. The summed E-state index contributed by atoms with van der Waals surface area (Å²) >= 11 is 0. The van der Waals surface area contributed by atoms with Gasteiger partial charge in [0, 0.05) is 32.9 Å². The molecular weight excluding hydrogens is 1570 g/mol. The molecule has 0 spiro atoms. The van der Waals surface area contributed by atoms with Crippen molar-refractivity contribution in [2.75, 3.05) is 0 Å². The van der Waals surface area contributed by atoms with Gasteiger partial charge in [-0.1, -0.05) is 449 Å². The molecule has 26 rings (SSSR count). The number of benzene rings is 24. The molecule has 0 N–H and O–H groups in total. The minimum absolute atomic E-state index is 1.16. The molecule has 24 aromatic carbocycles. The second-order valence-corrected chi connectivity index (χ2v) is 34.2. The molecule has 0 amide bonds. The Morgan fingerprint density at radius 3 is 0.754 bits per heavy atom. The first-order chi connectivity index (χ1) is 64.6. The third kappa shape index (κ3) is 12.6. The lowest BCUT2D eigenvalue weighted by Crippen LogP contribution is -1.95. The van der Waals surface area contributed by atoms with E-state index in [1.54, 1.807) is 0 Å². The molecule has 0 unspecified atom stereocenters. The lowest BCUT2D eigenvalue weighted by molar-refractivity contribution is 1.18. The van der Waals surface area contributed by atoms with Crippen molar-refractivity contribution in [3.8, 4) is 78.1 Å². The van der Waals surface area contributed by atoms with Gasteiger partial charge >= 0.3 is 0 Å².